The number of carbonyl (C=O) groups is 1. The number of hydrogen-bond donors (Lipinski definition) is 1. The van der Waals surface area contributed by atoms with Gasteiger partial charge in [0.15, 0.2) is 0 Å². The molecule has 8 atom stereocenters. The molecule has 0 aromatic rings. The van der Waals surface area contributed by atoms with Crippen LogP contribution in [0, 0.1) is 0 Å². The molecular weight excluding hydrogens is 496 g/mol. The average molecular weight is 551 g/mol. The molecule has 0 aromatic carbocycles. The van der Waals surface area contributed by atoms with E-state index in [0.717, 1.165) is 0 Å². The van der Waals surface area contributed by atoms with Crippen LogP contribution in [0.2, 0.25) is 0 Å². The summed E-state index contributed by atoms with van der Waals surface area (Å²) >= 11 is 0. The van der Waals surface area contributed by atoms with Gasteiger partial charge in [-0.05, 0) is 62.3 Å². The van der Waals surface area contributed by atoms with E-state index in [1.807, 2.05) is 48.5 Å². The van der Waals surface area contributed by atoms with E-state index in [-0.39, 0.29) is 49.3 Å². The third kappa shape index (κ3) is 21.8. The van der Waals surface area contributed by atoms with Gasteiger partial charge in [-0.2, -0.15) is 0 Å². The molecule has 8 unspecified atom stereocenters. The van der Waals surface area contributed by atoms with Crippen molar-refractivity contribution >= 4 is 5.97 Å². The molecule has 0 rings (SSSR count). The van der Waals surface area contributed by atoms with Crippen molar-refractivity contribution in [2.24, 2.45) is 0 Å². The van der Waals surface area contributed by atoms with Crippen LogP contribution in [-0.2, 0) is 42.7 Å². The molecule has 0 radical (unpaired) electrons. The Morgan fingerprint density at radius 1 is 0.526 bits per heavy atom. The van der Waals surface area contributed by atoms with E-state index in [1.54, 1.807) is 13.8 Å². The predicted molar refractivity (Wildman–Crippen MR) is 145 cm³/mol. The molecule has 0 aliphatic carbocycles. The van der Waals surface area contributed by atoms with Gasteiger partial charge in [0.1, 0.15) is 6.61 Å². The number of rotatable bonds is 24. The quantitative estimate of drug-likeness (QED) is 0.142. The van der Waals surface area contributed by atoms with Crippen LogP contribution < -0.4 is 0 Å². The highest BCUT2D eigenvalue weighted by molar-refractivity contribution is 5.86. The number of aliphatic hydroxyl groups is 1. The summed E-state index contributed by atoms with van der Waals surface area (Å²) in [5.74, 6) is -0.419. The maximum Gasteiger partial charge on any atom is 0.333 e. The number of carbonyl (C=O) groups excluding carboxylic acids is 1. The number of ether oxygens (including phenoxy) is 8. The molecule has 10 nitrogen and oxygen atoms in total. The van der Waals surface area contributed by atoms with Gasteiger partial charge in [0.25, 0.3) is 0 Å². The molecule has 226 valence electrons. The first-order valence-electron chi connectivity index (χ1n) is 13.6. The summed E-state index contributed by atoms with van der Waals surface area (Å²) in [5.41, 5.74) is 0.365. The van der Waals surface area contributed by atoms with Gasteiger partial charge in [0.05, 0.1) is 95.1 Å². The van der Waals surface area contributed by atoms with Crippen molar-refractivity contribution in [3.8, 4) is 0 Å². The van der Waals surface area contributed by atoms with Gasteiger partial charge >= 0.3 is 5.97 Å². The molecular formula is C28H54O10. The number of hydrogen-bond acceptors (Lipinski definition) is 10. The van der Waals surface area contributed by atoms with Gasteiger partial charge < -0.3 is 43.0 Å². The van der Waals surface area contributed by atoms with Crippen LogP contribution in [0.15, 0.2) is 12.2 Å². The fraction of sp³-hybridized carbons (Fsp3) is 0.893. The Kier molecular flexibility index (Phi) is 21.0. The first-order valence-corrected chi connectivity index (χ1v) is 13.6. The van der Waals surface area contributed by atoms with Crippen LogP contribution in [0.25, 0.3) is 0 Å². The minimum atomic E-state index is -0.486. The lowest BCUT2D eigenvalue weighted by molar-refractivity contribution is -0.144. The van der Waals surface area contributed by atoms with E-state index in [4.69, 9.17) is 37.9 Å². The SMILES string of the molecule is C=C(C)C(=O)OCC(C)OCC(C)OCC(C)OCC(C)OCC(C)OCC(C)OCC(C)OCC(C)O. The molecule has 10 heteroatoms. The largest absolute Gasteiger partial charge is 0.460 e. The standard InChI is InChI=1S/C28H54O10/c1-19(2)28(30)38-18-27(10)37-17-26(9)36-16-25(8)35-15-24(7)34-14-23(6)33-13-22(5)32-12-21(4)31-11-20(3)29/h20-27,29H,1,11-18H2,2-10H3. The second-order valence-electron chi connectivity index (χ2n) is 10.2. The van der Waals surface area contributed by atoms with Gasteiger partial charge in [0.2, 0.25) is 0 Å². The van der Waals surface area contributed by atoms with E-state index in [0.29, 0.717) is 51.8 Å². The zero-order valence-corrected chi connectivity index (χ0v) is 25.1. The van der Waals surface area contributed by atoms with Crippen molar-refractivity contribution in [3.63, 3.8) is 0 Å². The smallest absolute Gasteiger partial charge is 0.333 e. The lowest BCUT2D eigenvalue weighted by Gasteiger charge is -2.23. The van der Waals surface area contributed by atoms with Gasteiger partial charge in [-0.3, -0.25) is 0 Å². The summed E-state index contributed by atoms with van der Waals surface area (Å²) in [5, 5.41) is 9.26. The second-order valence-corrected chi connectivity index (χ2v) is 10.2. The Balaban J connectivity index is 3.89. The van der Waals surface area contributed by atoms with Crippen LogP contribution in [0.4, 0.5) is 0 Å². The molecule has 38 heavy (non-hydrogen) atoms. The molecule has 0 saturated carbocycles. The zero-order valence-electron chi connectivity index (χ0n) is 25.1. The summed E-state index contributed by atoms with van der Waals surface area (Å²) in [6.45, 7) is 23.4. The molecule has 0 saturated heterocycles. The molecule has 0 bridgehead atoms. The lowest BCUT2D eigenvalue weighted by atomic mass is 10.3. The van der Waals surface area contributed by atoms with Crippen LogP contribution in [0.5, 0.6) is 0 Å². The van der Waals surface area contributed by atoms with E-state index >= 15 is 0 Å². The molecule has 0 aromatic heterocycles. The van der Waals surface area contributed by atoms with Crippen molar-refractivity contribution < 1.29 is 47.8 Å². The highest BCUT2D eigenvalue weighted by Crippen LogP contribution is 2.05. The third-order valence-corrected chi connectivity index (χ3v) is 5.11. The van der Waals surface area contributed by atoms with Crippen molar-refractivity contribution in [3.05, 3.63) is 12.2 Å². The third-order valence-electron chi connectivity index (χ3n) is 5.11. The van der Waals surface area contributed by atoms with E-state index in [1.165, 1.54) is 0 Å². The fourth-order valence-corrected chi connectivity index (χ4v) is 2.76. The molecule has 0 aliphatic rings. The molecule has 0 fully saturated rings. The van der Waals surface area contributed by atoms with Crippen LogP contribution >= 0.6 is 0 Å². The Morgan fingerprint density at radius 3 is 1.00 bits per heavy atom. The maximum atomic E-state index is 11.4. The van der Waals surface area contributed by atoms with Gasteiger partial charge in [-0.25, -0.2) is 4.79 Å². The Hall–Kier alpha value is -1.11. The summed E-state index contributed by atoms with van der Waals surface area (Å²) in [6, 6.07) is 0. The number of esters is 1. The summed E-state index contributed by atoms with van der Waals surface area (Å²) in [7, 11) is 0. The predicted octanol–water partition coefficient (Wildman–Crippen LogP) is 3.32. The zero-order chi connectivity index (χ0) is 29.1. The maximum absolute atomic E-state index is 11.4. The van der Waals surface area contributed by atoms with E-state index < -0.39 is 12.1 Å². The van der Waals surface area contributed by atoms with E-state index in [9.17, 15) is 9.90 Å². The van der Waals surface area contributed by atoms with Gasteiger partial charge in [0, 0.05) is 5.57 Å². The summed E-state index contributed by atoms with van der Waals surface area (Å²) < 4.78 is 45.3. The Morgan fingerprint density at radius 2 is 0.763 bits per heavy atom. The molecule has 0 amide bonds. The minimum Gasteiger partial charge on any atom is -0.460 e. The monoisotopic (exact) mass is 550 g/mol. The second kappa shape index (κ2) is 21.7. The molecule has 1 N–H and O–H groups in total. The fourth-order valence-electron chi connectivity index (χ4n) is 2.76. The minimum absolute atomic E-state index is 0.0771. The molecule has 0 spiro atoms. The van der Waals surface area contributed by atoms with E-state index in [2.05, 4.69) is 6.58 Å². The van der Waals surface area contributed by atoms with Crippen molar-refractivity contribution in [2.45, 2.75) is 111 Å². The highest BCUT2D eigenvalue weighted by atomic mass is 16.6. The van der Waals surface area contributed by atoms with Crippen LogP contribution in [-0.4, -0.2) is 113 Å². The normalized spacial score (nSPS) is 18.2. The van der Waals surface area contributed by atoms with Crippen molar-refractivity contribution in [1.29, 1.82) is 0 Å². The summed E-state index contributed by atoms with van der Waals surface area (Å²) in [6.07, 6.45) is -1.29. The highest BCUT2D eigenvalue weighted by Gasteiger charge is 2.15. The van der Waals surface area contributed by atoms with Crippen LogP contribution in [0.1, 0.15) is 62.3 Å². The first-order chi connectivity index (χ1) is 17.8. The Labute approximate surface area is 230 Å². The molecule has 0 aliphatic heterocycles. The lowest BCUT2D eigenvalue weighted by Crippen LogP contribution is -2.30. The first kappa shape index (κ1) is 36.9. The summed E-state index contributed by atoms with van der Waals surface area (Å²) in [4.78, 5) is 11.4. The van der Waals surface area contributed by atoms with Gasteiger partial charge in [-0.15, -0.1) is 0 Å². The Bertz CT molecular complexity index is 614. The van der Waals surface area contributed by atoms with Crippen LogP contribution in [0.3, 0.4) is 0 Å². The van der Waals surface area contributed by atoms with Crippen molar-refractivity contribution in [2.75, 3.05) is 52.9 Å². The topological polar surface area (TPSA) is 111 Å². The number of aliphatic hydroxyl groups excluding tert-OH is 1. The van der Waals surface area contributed by atoms with Gasteiger partial charge in [-0.1, -0.05) is 6.58 Å². The average Bonchev–Trinajstić information content (AvgIpc) is 2.87. The molecule has 0 heterocycles. The van der Waals surface area contributed by atoms with Crippen molar-refractivity contribution in [1.82, 2.24) is 0 Å².